The molecule has 106 valence electrons. The van der Waals surface area contributed by atoms with E-state index in [1.807, 2.05) is 31.2 Å². The maximum Gasteiger partial charge on any atom is 0.251 e. The minimum Gasteiger partial charge on any atom is -0.348 e. The molecule has 0 radical (unpaired) electrons. The number of hydrogen-bond donors (Lipinski definition) is 1. The molecule has 0 heterocycles. The van der Waals surface area contributed by atoms with Crippen LogP contribution in [0.4, 0.5) is 0 Å². The summed E-state index contributed by atoms with van der Waals surface area (Å²) in [5, 5.41) is 3.02. The molecule has 1 amide bonds. The average molecular weight is 277 g/mol. The van der Waals surface area contributed by atoms with E-state index in [4.69, 9.17) is 0 Å². The Morgan fingerprint density at radius 1 is 1.10 bits per heavy atom. The van der Waals surface area contributed by atoms with Gasteiger partial charge in [-0.25, -0.2) is 0 Å². The fourth-order valence-corrected chi connectivity index (χ4v) is 2.71. The van der Waals surface area contributed by atoms with Gasteiger partial charge >= 0.3 is 0 Å². The highest BCUT2D eigenvalue weighted by atomic mass is 16.1. The Hall–Kier alpha value is -2.35. The Labute approximate surface area is 125 Å². The maximum atomic E-state index is 12.2. The van der Waals surface area contributed by atoms with Crippen LogP contribution >= 0.6 is 0 Å². The van der Waals surface area contributed by atoms with Crippen molar-refractivity contribution in [2.45, 2.75) is 19.8 Å². The van der Waals surface area contributed by atoms with Crippen molar-refractivity contribution in [3.63, 3.8) is 0 Å². The molecule has 0 fully saturated rings. The van der Waals surface area contributed by atoms with Crippen LogP contribution in [-0.2, 0) is 6.42 Å². The van der Waals surface area contributed by atoms with Gasteiger partial charge in [-0.1, -0.05) is 48.0 Å². The Kier molecular flexibility index (Phi) is 3.87. The van der Waals surface area contributed by atoms with Gasteiger partial charge in [0.05, 0.1) is 0 Å². The van der Waals surface area contributed by atoms with E-state index in [0.717, 1.165) is 18.4 Å². The van der Waals surface area contributed by atoms with Gasteiger partial charge in [0.25, 0.3) is 5.91 Å². The summed E-state index contributed by atoms with van der Waals surface area (Å²) >= 11 is 0. The van der Waals surface area contributed by atoms with Gasteiger partial charge in [0.2, 0.25) is 0 Å². The van der Waals surface area contributed by atoms with Gasteiger partial charge in [-0.05, 0) is 48.6 Å². The topological polar surface area (TPSA) is 29.1 Å². The minimum atomic E-state index is -0.0149. The Bertz CT molecular complexity index is 683. The van der Waals surface area contributed by atoms with Gasteiger partial charge in [0, 0.05) is 12.1 Å². The van der Waals surface area contributed by atoms with Gasteiger partial charge in [0.15, 0.2) is 0 Å². The van der Waals surface area contributed by atoms with Gasteiger partial charge < -0.3 is 5.32 Å². The van der Waals surface area contributed by atoms with Gasteiger partial charge in [-0.15, -0.1) is 0 Å². The Balaban J connectivity index is 1.69. The summed E-state index contributed by atoms with van der Waals surface area (Å²) < 4.78 is 0. The van der Waals surface area contributed by atoms with Crippen LogP contribution in [0.1, 0.15) is 33.5 Å². The molecular formula is C19H19NO. The first-order valence-corrected chi connectivity index (χ1v) is 7.36. The van der Waals surface area contributed by atoms with Gasteiger partial charge in [0.1, 0.15) is 0 Å². The number of fused-ring (bicyclic) bond motifs is 1. The van der Waals surface area contributed by atoms with E-state index in [0.29, 0.717) is 12.1 Å². The molecule has 0 aliphatic heterocycles. The largest absolute Gasteiger partial charge is 0.348 e. The van der Waals surface area contributed by atoms with E-state index < -0.39 is 0 Å². The van der Waals surface area contributed by atoms with Crippen molar-refractivity contribution in [3.8, 4) is 0 Å². The summed E-state index contributed by atoms with van der Waals surface area (Å²) in [5.74, 6) is -0.0149. The van der Waals surface area contributed by atoms with Crippen molar-refractivity contribution < 1.29 is 4.79 Å². The number of aryl methyl sites for hydroxylation is 2. The molecule has 2 aromatic rings. The number of rotatable bonds is 3. The van der Waals surface area contributed by atoms with Crippen LogP contribution in [0.3, 0.4) is 0 Å². The lowest BCUT2D eigenvalue weighted by Gasteiger charge is -2.18. The molecule has 3 rings (SSSR count). The van der Waals surface area contributed by atoms with E-state index in [-0.39, 0.29) is 5.91 Å². The third kappa shape index (κ3) is 3.05. The molecule has 0 saturated heterocycles. The highest BCUT2D eigenvalue weighted by Crippen LogP contribution is 2.25. The first-order chi connectivity index (χ1) is 10.2. The van der Waals surface area contributed by atoms with Crippen molar-refractivity contribution in [3.05, 3.63) is 76.9 Å². The van der Waals surface area contributed by atoms with Crippen molar-refractivity contribution in [1.29, 1.82) is 0 Å². The second-order valence-electron chi connectivity index (χ2n) is 5.47. The molecule has 0 saturated carbocycles. The van der Waals surface area contributed by atoms with Crippen LogP contribution in [0.25, 0.3) is 5.57 Å². The number of allylic oxidation sites excluding steroid dienone is 1. The number of nitrogens with one attached hydrogen (secondary N) is 1. The Morgan fingerprint density at radius 3 is 2.67 bits per heavy atom. The summed E-state index contributed by atoms with van der Waals surface area (Å²) in [6.45, 7) is 2.61. The zero-order valence-electron chi connectivity index (χ0n) is 12.2. The first-order valence-electron chi connectivity index (χ1n) is 7.36. The Morgan fingerprint density at radius 2 is 1.86 bits per heavy atom. The summed E-state index contributed by atoms with van der Waals surface area (Å²) in [6, 6.07) is 16.1. The molecular weight excluding hydrogens is 258 g/mol. The normalized spacial score (nSPS) is 13.3. The molecule has 0 bridgehead atoms. The van der Waals surface area contributed by atoms with Crippen molar-refractivity contribution >= 4 is 11.5 Å². The van der Waals surface area contributed by atoms with E-state index in [1.54, 1.807) is 0 Å². The number of carbonyl (C=O) groups excluding carboxylic acids is 1. The summed E-state index contributed by atoms with van der Waals surface area (Å²) in [7, 11) is 0. The van der Waals surface area contributed by atoms with Crippen molar-refractivity contribution in [2.75, 3.05) is 6.54 Å². The smallest absolute Gasteiger partial charge is 0.251 e. The zero-order valence-corrected chi connectivity index (χ0v) is 12.2. The quantitative estimate of drug-likeness (QED) is 0.909. The van der Waals surface area contributed by atoms with E-state index in [1.165, 1.54) is 16.7 Å². The molecule has 1 aliphatic carbocycles. The molecule has 0 atom stereocenters. The lowest BCUT2D eigenvalue weighted by molar-refractivity contribution is 0.0958. The van der Waals surface area contributed by atoms with Crippen LogP contribution in [0.5, 0.6) is 0 Å². The first kappa shape index (κ1) is 13.6. The van der Waals surface area contributed by atoms with Gasteiger partial charge in [-0.2, -0.15) is 0 Å². The lowest BCUT2D eigenvalue weighted by Crippen LogP contribution is -2.26. The average Bonchev–Trinajstić information content (AvgIpc) is 2.53. The van der Waals surface area contributed by atoms with E-state index in [2.05, 4.69) is 35.7 Å². The fraction of sp³-hybridized carbons (Fsp3) is 0.211. The number of benzene rings is 2. The zero-order chi connectivity index (χ0) is 14.7. The van der Waals surface area contributed by atoms with E-state index in [9.17, 15) is 4.79 Å². The molecule has 0 unspecified atom stereocenters. The summed E-state index contributed by atoms with van der Waals surface area (Å²) in [4.78, 5) is 12.2. The minimum absolute atomic E-state index is 0.0149. The summed E-state index contributed by atoms with van der Waals surface area (Å²) in [6.07, 6.45) is 4.37. The standard InChI is InChI=1S/C19H19NO/c1-14-9-11-16(12-10-14)19(21)20-13-17-7-4-6-15-5-2-3-8-18(15)17/h2-3,5,7-12H,4,6,13H2,1H3,(H,20,21). The molecule has 0 spiro atoms. The SMILES string of the molecule is Cc1ccc(C(=O)NCC2=CCCc3ccccc32)cc1. The molecule has 2 nitrogen and oxygen atoms in total. The molecule has 1 N–H and O–H groups in total. The summed E-state index contributed by atoms with van der Waals surface area (Å²) in [5.41, 5.74) is 5.74. The van der Waals surface area contributed by atoms with Crippen LogP contribution in [0.15, 0.2) is 54.6 Å². The lowest BCUT2D eigenvalue weighted by atomic mass is 9.91. The highest BCUT2D eigenvalue weighted by Gasteiger charge is 2.13. The third-order valence-corrected chi connectivity index (χ3v) is 3.92. The van der Waals surface area contributed by atoms with Crippen LogP contribution in [-0.4, -0.2) is 12.5 Å². The highest BCUT2D eigenvalue weighted by molar-refractivity contribution is 5.95. The molecule has 2 heteroatoms. The molecule has 21 heavy (non-hydrogen) atoms. The van der Waals surface area contributed by atoms with Crippen LogP contribution in [0, 0.1) is 6.92 Å². The fourth-order valence-electron chi connectivity index (χ4n) is 2.71. The number of hydrogen-bond acceptors (Lipinski definition) is 1. The van der Waals surface area contributed by atoms with Crippen LogP contribution in [0.2, 0.25) is 0 Å². The maximum absolute atomic E-state index is 12.2. The van der Waals surface area contributed by atoms with Gasteiger partial charge in [-0.3, -0.25) is 4.79 Å². The van der Waals surface area contributed by atoms with Crippen molar-refractivity contribution in [2.24, 2.45) is 0 Å². The predicted molar refractivity (Wildman–Crippen MR) is 86.3 cm³/mol. The molecule has 0 aromatic heterocycles. The second-order valence-corrected chi connectivity index (χ2v) is 5.47. The predicted octanol–water partition coefficient (Wildman–Crippen LogP) is 3.75. The second kappa shape index (κ2) is 5.96. The monoisotopic (exact) mass is 277 g/mol. The van der Waals surface area contributed by atoms with E-state index >= 15 is 0 Å². The van der Waals surface area contributed by atoms with Crippen LogP contribution < -0.4 is 5.32 Å². The number of amides is 1. The molecule has 2 aromatic carbocycles. The molecule has 1 aliphatic rings. The van der Waals surface area contributed by atoms with Crippen molar-refractivity contribution in [1.82, 2.24) is 5.32 Å². The third-order valence-electron chi connectivity index (χ3n) is 3.92. The number of carbonyl (C=O) groups is 1.